The van der Waals surface area contributed by atoms with Crippen molar-refractivity contribution in [2.45, 2.75) is 63.2 Å². The van der Waals surface area contributed by atoms with Gasteiger partial charge in [0, 0.05) is 50.2 Å². The zero-order valence-corrected chi connectivity index (χ0v) is 22.8. The topological polar surface area (TPSA) is 114 Å². The number of piperidine rings is 1. The van der Waals surface area contributed by atoms with Crippen LogP contribution in [0, 0.1) is 11.8 Å². The molecule has 208 valence electrons. The Kier molecular flexibility index (Phi) is 11.8. The molecule has 9 nitrogen and oxygen atoms in total. The molecule has 37 heavy (non-hydrogen) atoms. The number of hydrogen-bond donors (Lipinski definition) is 4. The predicted octanol–water partition coefficient (Wildman–Crippen LogP) is 3.96. The average Bonchev–Trinajstić information content (AvgIpc) is 2.88. The number of urea groups is 1. The lowest BCUT2D eigenvalue weighted by atomic mass is 9.82. The summed E-state index contributed by atoms with van der Waals surface area (Å²) in [6, 6.07) is 7.39. The lowest BCUT2D eigenvalue weighted by Gasteiger charge is -2.38. The summed E-state index contributed by atoms with van der Waals surface area (Å²) in [5, 5.41) is 26.6. The Bertz CT molecular complexity index is 875. The molecule has 0 bridgehead atoms. The van der Waals surface area contributed by atoms with Crippen LogP contribution in [0.1, 0.15) is 56.6 Å². The van der Waals surface area contributed by atoms with Crippen LogP contribution in [0.25, 0.3) is 0 Å². The van der Waals surface area contributed by atoms with E-state index in [1.165, 1.54) is 11.9 Å². The fourth-order valence-electron chi connectivity index (χ4n) is 5.58. The fourth-order valence-corrected chi connectivity index (χ4v) is 5.77. The largest absolute Gasteiger partial charge is 0.465 e. The van der Waals surface area contributed by atoms with Crippen LogP contribution in [-0.2, 0) is 4.74 Å². The van der Waals surface area contributed by atoms with Gasteiger partial charge in [-0.3, -0.25) is 0 Å². The Balaban J connectivity index is 1.65. The summed E-state index contributed by atoms with van der Waals surface area (Å²) in [6.45, 7) is 2.36. The lowest BCUT2D eigenvalue weighted by molar-refractivity contribution is -0.0156. The maximum atomic E-state index is 13.3. The number of carbonyl (C=O) groups excluding carboxylic acids is 1. The number of likely N-dealkylation sites (N-methyl/N-ethyl adjacent to an activating group) is 2. The molecule has 1 saturated heterocycles. The molecule has 3 rings (SSSR count). The minimum atomic E-state index is -1.000. The number of nitrogens with zero attached hydrogens (tertiary/aromatic N) is 2. The van der Waals surface area contributed by atoms with Crippen LogP contribution in [-0.4, -0.2) is 91.2 Å². The van der Waals surface area contributed by atoms with Crippen molar-refractivity contribution < 1.29 is 24.5 Å². The maximum absolute atomic E-state index is 13.3. The van der Waals surface area contributed by atoms with Crippen molar-refractivity contribution in [1.82, 2.24) is 20.4 Å². The summed E-state index contributed by atoms with van der Waals surface area (Å²) in [4.78, 5) is 27.6. The highest BCUT2D eigenvalue weighted by Gasteiger charge is 2.33. The van der Waals surface area contributed by atoms with Crippen molar-refractivity contribution in [3.05, 3.63) is 34.9 Å². The van der Waals surface area contributed by atoms with Crippen molar-refractivity contribution in [3.63, 3.8) is 0 Å². The second-order valence-electron chi connectivity index (χ2n) is 10.5. The smallest absolute Gasteiger partial charge is 0.407 e. The van der Waals surface area contributed by atoms with E-state index >= 15 is 0 Å². The van der Waals surface area contributed by atoms with E-state index in [1.54, 1.807) is 0 Å². The number of ether oxygens (including phenoxy) is 1. The molecule has 1 aliphatic heterocycles. The number of rotatable bonds is 11. The Labute approximate surface area is 225 Å². The first kappa shape index (κ1) is 29.5. The number of hydrogen-bond acceptors (Lipinski definition) is 5. The fraction of sp³-hybridized carbons (Fsp3) is 0.704. The van der Waals surface area contributed by atoms with Crippen LogP contribution in [0.4, 0.5) is 9.59 Å². The minimum absolute atomic E-state index is 0.0519. The number of benzene rings is 1. The van der Waals surface area contributed by atoms with Crippen LogP contribution >= 0.6 is 11.6 Å². The zero-order valence-electron chi connectivity index (χ0n) is 22.1. The highest BCUT2D eigenvalue weighted by atomic mass is 35.5. The van der Waals surface area contributed by atoms with E-state index in [0.29, 0.717) is 24.7 Å². The molecule has 1 aliphatic carbocycles. The van der Waals surface area contributed by atoms with E-state index < -0.39 is 6.09 Å². The summed E-state index contributed by atoms with van der Waals surface area (Å²) in [5.41, 5.74) is 0.928. The predicted molar refractivity (Wildman–Crippen MR) is 144 cm³/mol. The summed E-state index contributed by atoms with van der Waals surface area (Å²) in [5.74, 6) is 0.266. The van der Waals surface area contributed by atoms with Gasteiger partial charge in [-0.25, -0.2) is 9.59 Å². The first-order valence-electron chi connectivity index (χ1n) is 13.5. The van der Waals surface area contributed by atoms with Gasteiger partial charge >= 0.3 is 12.1 Å². The Morgan fingerprint density at radius 1 is 1.24 bits per heavy atom. The third-order valence-electron chi connectivity index (χ3n) is 7.64. The van der Waals surface area contributed by atoms with Crippen LogP contribution in [0.15, 0.2) is 24.3 Å². The first-order chi connectivity index (χ1) is 17.8. The molecule has 10 heteroatoms. The normalized spacial score (nSPS) is 23.8. The van der Waals surface area contributed by atoms with Crippen molar-refractivity contribution in [1.29, 1.82) is 0 Å². The molecular formula is C27H43ClN4O5. The van der Waals surface area contributed by atoms with Crippen molar-refractivity contribution in [2.75, 3.05) is 46.9 Å². The van der Waals surface area contributed by atoms with Gasteiger partial charge < -0.3 is 35.4 Å². The molecule has 1 aromatic rings. The third kappa shape index (κ3) is 9.02. The summed E-state index contributed by atoms with van der Waals surface area (Å²) >= 11 is 6.27. The van der Waals surface area contributed by atoms with Gasteiger partial charge in [0.25, 0.3) is 0 Å². The molecule has 0 radical (unpaired) electrons. The zero-order chi connectivity index (χ0) is 26.8. The van der Waals surface area contributed by atoms with E-state index in [4.69, 9.17) is 21.4 Å². The molecule has 0 unspecified atom stereocenters. The van der Waals surface area contributed by atoms with Crippen molar-refractivity contribution >= 4 is 23.7 Å². The Hall–Kier alpha value is -2.07. The molecule has 2 aliphatic rings. The number of carboxylic acid groups (broad SMARTS) is 1. The second-order valence-corrected chi connectivity index (χ2v) is 10.9. The molecule has 1 saturated carbocycles. The molecule has 4 N–H and O–H groups in total. The van der Waals surface area contributed by atoms with Crippen molar-refractivity contribution in [2.24, 2.45) is 11.8 Å². The van der Waals surface area contributed by atoms with Gasteiger partial charge in [0.1, 0.15) is 0 Å². The van der Waals surface area contributed by atoms with Crippen LogP contribution < -0.4 is 10.6 Å². The monoisotopic (exact) mass is 538 g/mol. The Morgan fingerprint density at radius 3 is 2.73 bits per heavy atom. The summed E-state index contributed by atoms with van der Waals surface area (Å²) < 4.78 is 6.24. The number of aliphatic hydroxyl groups is 1. The molecule has 1 heterocycles. The summed E-state index contributed by atoms with van der Waals surface area (Å²) in [6.07, 6.45) is 4.94. The minimum Gasteiger partial charge on any atom is -0.465 e. The van der Waals surface area contributed by atoms with Crippen LogP contribution in [0.3, 0.4) is 0 Å². The standard InChI is InChI=1S/C27H43ClN4O5/c1-29-17-23(16-19-7-3-4-11-24(19)33)30-26(34)32-12-6-9-21(18-32)25(20-8-5-10-22(28)15-20)37-14-13-31(2)27(35)36/h5,8,10,15,19,21,23-25,29,33H,3-4,6-7,9,11-14,16-18H2,1-2H3,(H,30,34)(H,35,36)/t19-,21-,23+,24+,25+/m1/s1. The third-order valence-corrected chi connectivity index (χ3v) is 7.87. The number of aliphatic hydroxyl groups excluding tert-OH is 1. The van der Waals surface area contributed by atoms with Crippen LogP contribution in [0.2, 0.25) is 5.02 Å². The van der Waals surface area contributed by atoms with Gasteiger partial charge in [0.15, 0.2) is 0 Å². The number of nitrogens with one attached hydrogen (secondary N) is 2. The van der Waals surface area contributed by atoms with Gasteiger partial charge in [0.05, 0.1) is 18.8 Å². The van der Waals surface area contributed by atoms with E-state index in [1.807, 2.05) is 36.2 Å². The van der Waals surface area contributed by atoms with Gasteiger partial charge in [-0.2, -0.15) is 0 Å². The van der Waals surface area contributed by atoms with Crippen molar-refractivity contribution in [3.8, 4) is 0 Å². The molecule has 2 fully saturated rings. The second kappa shape index (κ2) is 14.8. The number of carbonyl (C=O) groups is 2. The SMILES string of the molecule is CNC[C@H](C[C@H]1CCCC[C@@H]1O)NC(=O)N1CCC[C@@H]([C@@H](OCCN(C)C(=O)O)c2cccc(Cl)c2)C1. The Morgan fingerprint density at radius 2 is 2.03 bits per heavy atom. The number of likely N-dealkylation sites (tertiary alicyclic amines) is 1. The molecule has 5 atom stereocenters. The molecular weight excluding hydrogens is 496 g/mol. The molecule has 0 aromatic heterocycles. The van der Waals surface area contributed by atoms with E-state index in [0.717, 1.165) is 50.5 Å². The highest BCUT2D eigenvalue weighted by Crippen LogP contribution is 2.34. The lowest BCUT2D eigenvalue weighted by Crippen LogP contribution is -2.52. The van der Waals surface area contributed by atoms with Gasteiger partial charge in [-0.15, -0.1) is 0 Å². The molecule has 3 amide bonds. The quantitative estimate of drug-likeness (QED) is 0.339. The van der Waals surface area contributed by atoms with E-state index in [9.17, 15) is 14.7 Å². The van der Waals surface area contributed by atoms with Gasteiger partial charge in [0.2, 0.25) is 0 Å². The van der Waals surface area contributed by atoms with Gasteiger partial charge in [-0.1, -0.05) is 36.6 Å². The maximum Gasteiger partial charge on any atom is 0.407 e. The number of halogens is 1. The van der Waals surface area contributed by atoms with Gasteiger partial charge in [-0.05, 0) is 62.8 Å². The van der Waals surface area contributed by atoms with E-state index in [-0.39, 0.29) is 49.3 Å². The molecule has 1 aromatic carbocycles. The number of amides is 3. The average molecular weight is 539 g/mol. The molecule has 0 spiro atoms. The van der Waals surface area contributed by atoms with E-state index in [2.05, 4.69) is 10.6 Å². The highest BCUT2D eigenvalue weighted by molar-refractivity contribution is 6.30. The van der Waals surface area contributed by atoms with Crippen LogP contribution in [0.5, 0.6) is 0 Å². The summed E-state index contributed by atoms with van der Waals surface area (Å²) in [7, 11) is 3.39. The first-order valence-corrected chi connectivity index (χ1v) is 13.9.